The molecule has 1 amide bonds. The molecule has 6 nitrogen and oxygen atoms in total. The van der Waals surface area contributed by atoms with Gasteiger partial charge in [-0.2, -0.15) is 0 Å². The van der Waals surface area contributed by atoms with E-state index in [4.69, 9.17) is 5.11 Å². The summed E-state index contributed by atoms with van der Waals surface area (Å²) in [4.78, 5) is 21.7. The van der Waals surface area contributed by atoms with Gasteiger partial charge >= 0.3 is 12.1 Å². The minimum atomic E-state index is -1.38. The maximum Gasteiger partial charge on any atom is 0.405 e. The molecule has 0 heterocycles. The molecule has 0 bridgehead atoms. The lowest BCUT2D eigenvalue weighted by molar-refractivity contribution is -0.148. The molecule has 2 atom stereocenters. The van der Waals surface area contributed by atoms with E-state index < -0.39 is 29.6 Å². The van der Waals surface area contributed by atoms with Gasteiger partial charge in [-0.05, 0) is 5.41 Å². The molecule has 0 aromatic rings. The molecule has 88 valence electrons. The Morgan fingerprint density at radius 2 is 1.80 bits per heavy atom. The molecule has 0 fully saturated rings. The van der Waals surface area contributed by atoms with Crippen LogP contribution >= 0.6 is 0 Å². The highest BCUT2D eigenvalue weighted by Gasteiger charge is 2.37. The average Bonchev–Trinajstić information content (AvgIpc) is 2.10. The molecule has 0 aromatic carbocycles. The van der Waals surface area contributed by atoms with Crippen LogP contribution in [0.2, 0.25) is 0 Å². The molecule has 0 rings (SSSR count). The number of methoxy groups -OCH3 is 1. The fourth-order valence-electron chi connectivity index (χ4n) is 1.03. The fraction of sp³-hybridized carbons (Fsp3) is 0.778. The Bertz CT molecular complexity index is 245. The predicted molar refractivity (Wildman–Crippen MR) is 52.4 cm³/mol. The number of hydrogen-bond acceptors (Lipinski definition) is 4. The fourth-order valence-corrected chi connectivity index (χ4v) is 1.03. The Hall–Kier alpha value is -1.30. The first-order valence-corrected chi connectivity index (χ1v) is 4.45. The van der Waals surface area contributed by atoms with Crippen molar-refractivity contribution >= 4 is 12.1 Å². The minimum absolute atomic E-state index is 0.624. The van der Waals surface area contributed by atoms with Crippen LogP contribution in [0.1, 0.15) is 20.8 Å². The third-order valence-corrected chi connectivity index (χ3v) is 1.94. The third-order valence-electron chi connectivity index (χ3n) is 1.94. The van der Waals surface area contributed by atoms with Gasteiger partial charge in [-0.1, -0.05) is 20.8 Å². The zero-order valence-electron chi connectivity index (χ0n) is 9.27. The maximum absolute atomic E-state index is 11.2. The molecule has 0 radical (unpaired) electrons. The van der Waals surface area contributed by atoms with Crippen molar-refractivity contribution in [2.45, 2.75) is 32.9 Å². The van der Waals surface area contributed by atoms with Crippen LogP contribution in [0.3, 0.4) is 0 Å². The van der Waals surface area contributed by atoms with Crippen LogP contribution in [0.25, 0.3) is 0 Å². The maximum atomic E-state index is 11.2. The highest BCUT2D eigenvalue weighted by molar-refractivity contribution is 5.81. The SMILES string of the molecule is COC(=O)C(NC(=O)O)[C@@H](O)C(C)(C)C. The Labute approximate surface area is 88.2 Å². The summed E-state index contributed by atoms with van der Waals surface area (Å²) in [6.45, 7) is 5.07. The Kier molecular flexibility index (Phi) is 4.54. The van der Waals surface area contributed by atoms with Crippen LogP contribution in [0.4, 0.5) is 4.79 Å². The second-order valence-electron chi connectivity index (χ2n) is 4.26. The highest BCUT2D eigenvalue weighted by atomic mass is 16.5. The molecule has 3 N–H and O–H groups in total. The van der Waals surface area contributed by atoms with E-state index in [-0.39, 0.29) is 0 Å². The smallest absolute Gasteiger partial charge is 0.405 e. The first-order chi connectivity index (χ1) is 6.70. The minimum Gasteiger partial charge on any atom is -0.467 e. The number of amides is 1. The van der Waals surface area contributed by atoms with Gasteiger partial charge in [0.05, 0.1) is 13.2 Å². The molecule has 6 heteroatoms. The van der Waals surface area contributed by atoms with Gasteiger partial charge in [0, 0.05) is 0 Å². The van der Waals surface area contributed by atoms with Gasteiger partial charge in [-0.3, -0.25) is 0 Å². The molecule has 0 aromatic heterocycles. The molecule has 0 aliphatic heterocycles. The highest BCUT2D eigenvalue weighted by Crippen LogP contribution is 2.22. The summed E-state index contributed by atoms with van der Waals surface area (Å²) >= 11 is 0. The molecule has 1 unspecified atom stereocenters. The summed E-state index contributed by atoms with van der Waals surface area (Å²) in [6.07, 6.45) is -2.53. The molecular weight excluding hydrogens is 202 g/mol. The summed E-state index contributed by atoms with van der Waals surface area (Å²) in [5.41, 5.74) is -0.624. The number of rotatable bonds is 3. The average molecular weight is 219 g/mol. The number of aliphatic hydroxyl groups excluding tert-OH is 1. The van der Waals surface area contributed by atoms with E-state index in [9.17, 15) is 14.7 Å². The van der Waals surface area contributed by atoms with Crippen molar-refractivity contribution in [1.82, 2.24) is 5.32 Å². The predicted octanol–water partition coefficient (Wildman–Crippen LogP) is 0.203. The van der Waals surface area contributed by atoms with Crippen LogP contribution in [-0.4, -0.2) is 41.5 Å². The van der Waals surface area contributed by atoms with E-state index in [1.807, 2.05) is 5.32 Å². The van der Waals surface area contributed by atoms with Crippen molar-refractivity contribution in [3.8, 4) is 0 Å². The first-order valence-electron chi connectivity index (χ1n) is 4.45. The van der Waals surface area contributed by atoms with E-state index in [0.29, 0.717) is 0 Å². The second kappa shape index (κ2) is 4.97. The summed E-state index contributed by atoms with van der Waals surface area (Å²) in [7, 11) is 1.13. The van der Waals surface area contributed by atoms with Crippen LogP contribution in [0.5, 0.6) is 0 Å². The van der Waals surface area contributed by atoms with Crippen LogP contribution in [0, 0.1) is 5.41 Å². The molecule has 0 saturated carbocycles. The largest absolute Gasteiger partial charge is 0.467 e. The van der Waals surface area contributed by atoms with Gasteiger partial charge in [0.25, 0.3) is 0 Å². The van der Waals surface area contributed by atoms with E-state index in [1.165, 1.54) is 0 Å². The monoisotopic (exact) mass is 219 g/mol. The number of carboxylic acid groups (broad SMARTS) is 1. The zero-order chi connectivity index (χ0) is 12.2. The zero-order valence-corrected chi connectivity index (χ0v) is 9.27. The number of esters is 1. The molecular formula is C9H17NO5. The van der Waals surface area contributed by atoms with Gasteiger partial charge in [-0.15, -0.1) is 0 Å². The topological polar surface area (TPSA) is 95.9 Å². The second-order valence-corrected chi connectivity index (χ2v) is 4.26. The van der Waals surface area contributed by atoms with Crippen molar-refractivity contribution in [3.63, 3.8) is 0 Å². The van der Waals surface area contributed by atoms with E-state index in [0.717, 1.165) is 7.11 Å². The number of nitrogens with one attached hydrogen (secondary N) is 1. The van der Waals surface area contributed by atoms with Crippen molar-refractivity contribution in [2.75, 3.05) is 7.11 Å². The molecule has 0 spiro atoms. The number of hydrogen-bond donors (Lipinski definition) is 3. The molecule has 0 aliphatic rings. The lowest BCUT2D eigenvalue weighted by Crippen LogP contribution is -2.53. The Balaban J connectivity index is 4.78. The van der Waals surface area contributed by atoms with E-state index >= 15 is 0 Å². The molecule has 0 aliphatic carbocycles. The quantitative estimate of drug-likeness (QED) is 0.589. The van der Waals surface area contributed by atoms with Gasteiger partial charge in [0.1, 0.15) is 0 Å². The van der Waals surface area contributed by atoms with Gasteiger partial charge < -0.3 is 20.3 Å². The summed E-state index contributed by atoms with van der Waals surface area (Å²) in [5, 5.41) is 20.2. The third kappa shape index (κ3) is 4.16. The number of aliphatic hydroxyl groups is 1. The summed E-state index contributed by atoms with van der Waals surface area (Å²) < 4.78 is 4.40. The van der Waals surface area contributed by atoms with Gasteiger partial charge in [0.2, 0.25) is 0 Å². The molecule has 0 saturated heterocycles. The van der Waals surface area contributed by atoms with Gasteiger partial charge in [0.15, 0.2) is 6.04 Å². The number of ether oxygens (including phenoxy) is 1. The van der Waals surface area contributed by atoms with Crippen LogP contribution in [-0.2, 0) is 9.53 Å². The van der Waals surface area contributed by atoms with Crippen molar-refractivity contribution in [3.05, 3.63) is 0 Å². The summed E-state index contributed by atoms with van der Waals surface area (Å²) in [5.74, 6) is -0.806. The van der Waals surface area contributed by atoms with Crippen LogP contribution in [0.15, 0.2) is 0 Å². The standard InChI is InChI=1S/C9H17NO5/c1-9(2,3)6(11)5(7(12)15-4)10-8(13)14/h5-6,10-11H,1-4H3,(H,13,14)/t5?,6-/m1/s1. The number of carbonyl (C=O) groups excluding carboxylic acids is 1. The van der Waals surface area contributed by atoms with Crippen LogP contribution < -0.4 is 5.32 Å². The lowest BCUT2D eigenvalue weighted by Gasteiger charge is -2.31. The summed E-state index contributed by atoms with van der Waals surface area (Å²) in [6, 6.07) is -1.27. The van der Waals surface area contributed by atoms with E-state index in [2.05, 4.69) is 4.74 Å². The normalized spacial score (nSPS) is 15.3. The Morgan fingerprint density at radius 1 is 1.33 bits per heavy atom. The molecule has 15 heavy (non-hydrogen) atoms. The van der Waals surface area contributed by atoms with Crippen molar-refractivity contribution in [2.24, 2.45) is 5.41 Å². The first kappa shape index (κ1) is 13.7. The number of carbonyl (C=O) groups is 2. The lowest BCUT2D eigenvalue weighted by atomic mass is 9.84. The Morgan fingerprint density at radius 3 is 2.07 bits per heavy atom. The van der Waals surface area contributed by atoms with Crippen molar-refractivity contribution in [1.29, 1.82) is 0 Å². The van der Waals surface area contributed by atoms with Gasteiger partial charge in [-0.25, -0.2) is 9.59 Å². The van der Waals surface area contributed by atoms with Crippen molar-refractivity contribution < 1.29 is 24.5 Å². The van der Waals surface area contributed by atoms with E-state index in [1.54, 1.807) is 20.8 Å².